The summed E-state index contributed by atoms with van der Waals surface area (Å²) in [6.45, 7) is -0.392. The van der Waals surface area contributed by atoms with Crippen LogP contribution in [0, 0.1) is 0 Å². The molecule has 0 bridgehead atoms. The molecule has 7 heteroatoms. The second-order valence-electron chi connectivity index (χ2n) is 3.93. The molecule has 21 heavy (non-hydrogen) atoms. The number of benzene rings is 1. The lowest BCUT2D eigenvalue weighted by Gasteiger charge is -2.01. The van der Waals surface area contributed by atoms with Crippen LogP contribution in [0.25, 0.3) is 6.08 Å². The second kappa shape index (κ2) is 7.39. The Bertz CT molecular complexity index is 636. The van der Waals surface area contributed by atoms with Gasteiger partial charge in [0.25, 0.3) is 5.91 Å². The Morgan fingerprint density at radius 2 is 2.05 bits per heavy atom. The number of rotatable bonds is 5. The molecule has 108 valence electrons. The highest BCUT2D eigenvalue weighted by atomic mass is 79.9. The summed E-state index contributed by atoms with van der Waals surface area (Å²) >= 11 is 3.32. The van der Waals surface area contributed by atoms with Crippen molar-refractivity contribution >= 4 is 39.7 Å². The smallest absolute Gasteiger partial charge is 0.331 e. The molecule has 0 aliphatic rings. The number of hydrogen-bond acceptors (Lipinski definition) is 5. The summed E-state index contributed by atoms with van der Waals surface area (Å²) in [7, 11) is 0. The van der Waals surface area contributed by atoms with Crippen LogP contribution in [0.15, 0.2) is 51.7 Å². The van der Waals surface area contributed by atoms with Crippen molar-refractivity contribution in [2.75, 3.05) is 11.9 Å². The van der Waals surface area contributed by atoms with Crippen molar-refractivity contribution < 1.29 is 18.8 Å². The molecule has 0 radical (unpaired) electrons. The van der Waals surface area contributed by atoms with Gasteiger partial charge in [-0.15, -0.1) is 0 Å². The minimum Gasteiger partial charge on any atom is -0.452 e. The van der Waals surface area contributed by atoms with Crippen LogP contribution in [-0.2, 0) is 14.3 Å². The molecule has 2 rings (SSSR count). The molecule has 0 aliphatic heterocycles. The first-order valence-electron chi connectivity index (χ1n) is 5.94. The van der Waals surface area contributed by atoms with Crippen molar-refractivity contribution in [2.24, 2.45) is 0 Å². The molecule has 0 unspecified atom stereocenters. The summed E-state index contributed by atoms with van der Waals surface area (Å²) in [5.41, 5.74) is 0.849. The van der Waals surface area contributed by atoms with E-state index in [0.29, 0.717) is 0 Å². The van der Waals surface area contributed by atoms with Gasteiger partial charge in [-0.1, -0.05) is 33.2 Å². The molecule has 1 amide bonds. The van der Waals surface area contributed by atoms with Crippen molar-refractivity contribution in [1.29, 1.82) is 0 Å². The van der Waals surface area contributed by atoms with Gasteiger partial charge in [-0.2, -0.15) is 0 Å². The van der Waals surface area contributed by atoms with Crippen LogP contribution < -0.4 is 5.32 Å². The van der Waals surface area contributed by atoms with E-state index < -0.39 is 18.5 Å². The Morgan fingerprint density at radius 1 is 1.29 bits per heavy atom. The molecule has 1 aromatic heterocycles. The van der Waals surface area contributed by atoms with E-state index in [4.69, 9.17) is 4.74 Å². The molecule has 2 aromatic rings. The number of amides is 1. The third kappa shape index (κ3) is 5.23. The summed E-state index contributed by atoms with van der Waals surface area (Å²) in [5, 5.41) is 5.91. The maximum Gasteiger partial charge on any atom is 0.331 e. The second-order valence-corrected chi connectivity index (χ2v) is 4.84. The van der Waals surface area contributed by atoms with E-state index in [0.717, 1.165) is 10.0 Å². The molecule has 1 N–H and O–H groups in total. The molecule has 1 heterocycles. The minimum atomic E-state index is -0.603. The van der Waals surface area contributed by atoms with Gasteiger partial charge in [0.2, 0.25) is 0 Å². The van der Waals surface area contributed by atoms with Gasteiger partial charge < -0.3 is 14.6 Å². The zero-order chi connectivity index (χ0) is 15.1. The Balaban J connectivity index is 1.76. The normalized spacial score (nSPS) is 10.5. The Morgan fingerprint density at radius 3 is 2.71 bits per heavy atom. The monoisotopic (exact) mass is 350 g/mol. The molecular weight excluding hydrogens is 340 g/mol. The molecule has 0 saturated heterocycles. The quantitative estimate of drug-likeness (QED) is 0.662. The number of carbonyl (C=O) groups excluding carboxylic acids is 2. The number of nitrogens with one attached hydrogen (secondary N) is 1. The molecule has 1 aromatic carbocycles. The number of ether oxygens (including phenoxy) is 1. The van der Waals surface area contributed by atoms with Crippen LogP contribution in [-0.4, -0.2) is 23.6 Å². The van der Waals surface area contributed by atoms with Crippen LogP contribution in [0.3, 0.4) is 0 Å². The highest BCUT2D eigenvalue weighted by Gasteiger charge is 2.06. The van der Waals surface area contributed by atoms with E-state index in [2.05, 4.69) is 30.9 Å². The lowest BCUT2D eigenvalue weighted by molar-refractivity contribution is -0.142. The Labute approximate surface area is 128 Å². The molecule has 0 fully saturated rings. The van der Waals surface area contributed by atoms with Crippen LogP contribution in [0.1, 0.15) is 5.56 Å². The zero-order valence-electron chi connectivity index (χ0n) is 10.8. The van der Waals surface area contributed by atoms with Gasteiger partial charge in [0.1, 0.15) is 6.26 Å². The lowest BCUT2D eigenvalue weighted by atomic mass is 10.2. The standard InChI is InChI=1S/C14H11BrN2O4/c15-11-4-1-10(2-5-11)3-6-14(19)20-9-13(18)16-12-7-8-21-17-12/h1-8H,9H2,(H,16,17,18)/b6-3+. The van der Waals surface area contributed by atoms with Gasteiger partial charge in [0, 0.05) is 16.6 Å². The van der Waals surface area contributed by atoms with Gasteiger partial charge in [0.05, 0.1) is 0 Å². The highest BCUT2D eigenvalue weighted by molar-refractivity contribution is 9.10. The summed E-state index contributed by atoms with van der Waals surface area (Å²) < 4.78 is 10.3. The minimum absolute atomic E-state index is 0.265. The van der Waals surface area contributed by atoms with E-state index >= 15 is 0 Å². The lowest BCUT2D eigenvalue weighted by Crippen LogP contribution is -2.20. The molecule has 0 saturated carbocycles. The number of aromatic nitrogens is 1. The summed E-state index contributed by atoms with van der Waals surface area (Å²) in [5.74, 6) is -0.830. The van der Waals surface area contributed by atoms with Gasteiger partial charge in [0.15, 0.2) is 12.4 Å². The van der Waals surface area contributed by atoms with E-state index in [1.165, 1.54) is 18.4 Å². The average molecular weight is 351 g/mol. The Hall–Kier alpha value is -2.41. The summed E-state index contributed by atoms with van der Waals surface area (Å²) in [6, 6.07) is 8.87. The van der Waals surface area contributed by atoms with Crippen molar-refractivity contribution in [1.82, 2.24) is 5.16 Å². The van der Waals surface area contributed by atoms with E-state index in [-0.39, 0.29) is 5.82 Å². The van der Waals surface area contributed by atoms with Crippen LogP contribution in [0.2, 0.25) is 0 Å². The van der Waals surface area contributed by atoms with Gasteiger partial charge in [-0.3, -0.25) is 4.79 Å². The van der Waals surface area contributed by atoms with Crippen molar-refractivity contribution in [3.05, 3.63) is 52.7 Å². The van der Waals surface area contributed by atoms with E-state index in [1.54, 1.807) is 6.08 Å². The third-order valence-corrected chi connectivity index (χ3v) is 2.86. The number of anilines is 1. The fourth-order valence-corrected chi connectivity index (χ4v) is 1.64. The number of esters is 1. The number of halogens is 1. The predicted octanol–water partition coefficient (Wildman–Crippen LogP) is 2.63. The van der Waals surface area contributed by atoms with Gasteiger partial charge in [-0.25, -0.2) is 4.79 Å². The average Bonchev–Trinajstić information content (AvgIpc) is 2.97. The molecular formula is C14H11BrN2O4. The summed E-state index contributed by atoms with van der Waals surface area (Å²) in [4.78, 5) is 22.9. The molecule has 0 spiro atoms. The first-order valence-corrected chi connectivity index (χ1v) is 6.73. The summed E-state index contributed by atoms with van der Waals surface area (Å²) in [6.07, 6.45) is 4.18. The largest absolute Gasteiger partial charge is 0.452 e. The van der Waals surface area contributed by atoms with Crippen LogP contribution in [0.5, 0.6) is 0 Å². The first kappa shape index (κ1) is 15.0. The molecule has 0 atom stereocenters. The van der Waals surface area contributed by atoms with Crippen LogP contribution in [0.4, 0.5) is 5.82 Å². The van der Waals surface area contributed by atoms with E-state index in [9.17, 15) is 9.59 Å². The van der Waals surface area contributed by atoms with Crippen molar-refractivity contribution in [2.45, 2.75) is 0 Å². The van der Waals surface area contributed by atoms with Gasteiger partial charge >= 0.3 is 5.97 Å². The molecule has 6 nitrogen and oxygen atoms in total. The Kier molecular flexibility index (Phi) is 5.28. The molecule has 0 aliphatic carbocycles. The number of carbonyl (C=O) groups is 2. The van der Waals surface area contributed by atoms with Crippen LogP contribution >= 0.6 is 15.9 Å². The van der Waals surface area contributed by atoms with Crippen molar-refractivity contribution in [3.8, 4) is 0 Å². The highest BCUT2D eigenvalue weighted by Crippen LogP contribution is 2.11. The third-order valence-electron chi connectivity index (χ3n) is 2.33. The maximum atomic E-state index is 11.5. The van der Waals surface area contributed by atoms with Gasteiger partial charge in [-0.05, 0) is 23.8 Å². The van der Waals surface area contributed by atoms with Crippen molar-refractivity contribution in [3.63, 3.8) is 0 Å². The fraction of sp³-hybridized carbons (Fsp3) is 0.0714. The maximum absolute atomic E-state index is 11.5. The van der Waals surface area contributed by atoms with E-state index in [1.807, 2.05) is 24.3 Å². The zero-order valence-corrected chi connectivity index (χ0v) is 12.4. The first-order chi connectivity index (χ1) is 10.1. The topological polar surface area (TPSA) is 81.4 Å². The number of nitrogens with zero attached hydrogens (tertiary/aromatic N) is 1. The SMILES string of the molecule is O=C(COC(=O)/C=C/c1ccc(Br)cc1)Nc1ccon1. The predicted molar refractivity (Wildman–Crippen MR) is 79.3 cm³/mol. The fourth-order valence-electron chi connectivity index (χ4n) is 1.38. The number of hydrogen-bond donors (Lipinski definition) is 1.